The minimum atomic E-state index is -3.52. The normalized spacial score (nSPS) is 12.4. The SMILES string of the molecule is CC(C)CNS(=O)(=O)Nc1cc(C(C)C)[nH]n1. The van der Waals surface area contributed by atoms with E-state index in [4.69, 9.17) is 0 Å². The first kappa shape index (κ1) is 14.0. The Morgan fingerprint density at radius 3 is 2.47 bits per heavy atom. The summed E-state index contributed by atoms with van der Waals surface area (Å²) in [7, 11) is -3.52. The number of hydrogen-bond acceptors (Lipinski definition) is 3. The van der Waals surface area contributed by atoms with Crippen LogP contribution in [0.5, 0.6) is 0 Å². The topological polar surface area (TPSA) is 86.9 Å². The van der Waals surface area contributed by atoms with Crippen molar-refractivity contribution in [1.29, 1.82) is 0 Å². The zero-order valence-corrected chi connectivity index (χ0v) is 11.4. The molecule has 0 radical (unpaired) electrons. The van der Waals surface area contributed by atoms with Crippen LogP contribution in [-0.2, 0) is 10.2 Å². The first-order chi connectivity index (χ1) is 7.80. The molecule has 0 bridgehead atoms. The molecule has 1 rings (SSSR count). The maximum Gasteiger partial charge on any atom is 0.300 e. The third kappa shape index (κ3) is 4.74. The number of hydrogen-bond donors (Lipinski definition) is 3. The summed E-state index contributed by atoms with van der Waals surface area (Å²) in [6, 6.07) is 1.69. The van der Waals surface area contributed by atoms with Gasteiger partial charge in [-0.3, -0.25) is 9.82 Å². The van der Waals surface area contributed by atoms with E-state index in [1.54, 1.807) is 6.07 Å². The van der Waals surface area contributed by atoms with Crippen LogP contribution in [0.4, 0.5) is 5.82 Å². The monoisotopic (exact) mass is 260 g/mol. The molecule has 0 aromatic carbocycles. The second-order valence-electron chi connectivity index (χ2n) is 4.71. The molecule has 1 aromatic heterocycles. The average Bonchev–Trinajstić information content (AvgIpc) is 2.63. The van der Waals surface area contributed by atoms with Crippen molar-refractivity contribution >= 4 is 16.0 Å². The number of nitrogens with one attached hydrogen (secondary N) is 3. The second-order valence-corrected chi connectivity index (χ2v) is 6.21. The van der Waals surface area contributed by atoms with Gasteiger partial charge in [0.2, 0.25) is 0 Å². The molecule has 1 aromatic rings. The molecule has 17 heavy (non-hydrogen) atoms. The number of aromatic nitrogens is 2. The van der Waals surface area contributed by atoms with Crippen molar-refractivity contribution in [1.82, 2.24) is 14.9 Å². The van der Waals surface area contributed by atoms with Gasteiger partial charge in [0.05, 0.1) is 0 Å². The summed E-state index contributed by atoms with van der Waals surface area (Å²) in [6.45, 7) is 8.28. The number of nitrogens with zero attached hydrogens (tertiary/aromatic N) is 1. The van der Waals surface area contributed by atoms with E-state index in [0.29, 0.717) is 12.4 Å². The van der Waals surface area contributed by atoms with E-state index in [0.717, 1.165) is 5.69 Å². The molecule has 0 unspecified atom stereocenters. The Morgan fingerprint density at radius 2 is 2.00 bits per heavy atom. The smallest absolute Gasteiger partial charge is 0.280 e. The molecule has 0 saturated heterocycles. The van der Waals surface area contributed by atoms with E-state index in [1.165, 1.54) is 0 Å². The van der Waals surface area contributed by atoms with Crippen molar-refractivity contribution < 1.29 is 8.42 Å². The van der Waals surface area contributed by atoms with E-state index in [-0.39, 0.29) is 11.8 Å². The van der Waals surface area contributed by atoms with Gasteiger partial charge in [-0.15, -0.1) is 0 Å². The standard InChI is InChI=1S/C10H20N4O2S/c1-7(2)6-11-17(15,16)14-10-5-9(8(3)4)12-13-10/h5,7-8,11H,6H2,1-4H3,(H2,12,13,14). The Balaban J connectivity index is 2.63. The molecule has 98 valence electrons. The molecule has 0 saturated carbocycles. The van der Waals surface area contributed by atoms with Crippen LogP contribution in [0.3, 0.4) is 0 Å². The number of anilines is 1. The fourth-order valence-corrected chi connectivity index (χ4v) is 2.14. The largest absolute Gasteiger partial charge is 0.300 e. The van der Waals surface area contributed by atoms with Gasteiger partial charge >= 0.3 is 0 Å². The predicted molar refractivity (Wildman–Crippen MR) is 68.1 cm³/mol. The molecule has 7 heteroatoms. The fourth-order valence-electron chi connectivity index (χ4n) is 1.13. The summed E-state index contributed by atoms with van der Waals surface area (Å²) in [5.74, 6) is 0.853. The van der Waals surface area contributed by atoms with Crippen LogP contribution < -0.4 is 9.44 Å². The van der Waals surface area contributed by atoms with Gasteiger partial charge < -0.3 is 0 Å². The summed E-state index contributed by atoms with van der Waals surface area (Å²) in [6.07, 6.45) is 0. The van der Waals surface area contributed by atoms with Crippen molar-refractivity contribution in [2.75, 3.05) is 11.3 Å². The Hall–Kier alpha value is -1.08. The summed E-state index contributed by atoms with van der Waals surface area (Å²) in [5, 5.41) is 6.68. The Kier molecular flexibility index (Phi) is 4.53. The van der Waals surface area contributed by atoms with Gasteiger partial charge in [0.15, 0.2) is 5.82 Å². The fraction of sp³-hybridized carbons (Fsp3) is 0.700. The van der Waals surface area contributed by atoms with Crippen molar-refractivity contribution in [3.63, 3.8) is 0 Å². The van der Waals surface area contributed by atoms with Crippen LogP contribution in [0.25, 0.3) is 0 Å². The quantitative estimate of drug-likeness (QED) is 0.723. The highest BCUT2D eigenvalue weighted by Crippen LogP contribution is 2.15. The highest BCUT2D eigenvalue weighted by molar-refractivity contribution is 7.90. The van der Waals surface area contributed by atoms with Crippen LogP contribution in [0.2, 0.25) is 0 Å². The third-order valence-electron chi connectivity index (χ3n) is 2.14. The van der Waals surface area contributed by atoms with Gasteiger partial charge in [0, 0.05) is 18.3 Å². The van der Waals surface area contributed by atoms with Gasteiger partial charge in [-0.25, -0.2) is 0 Å². The molecule has 6 nitrogen and oxygen atoms in total. The Labute approximate surface area is 102 Å². The van der Waals surface area contributed by atoms with Gasteiger partial charge in [-0.05, 0) is 11.8 Å². The van der Waals surface area contributed by atoms with E-state index >= 15 is 0 Å². The molecule has 0 aliphatic heterocycles. The Bertz CT molecular complexity index is 451. The second kappa shape index (κ2) is 5.50. The lowest BCUT2D eigenvalue weighted by Gasteiger charge is -2.08. The summed E-state index contributed by atoms with van der Waals surface area (Å²) in [5.41, 5.74) is 0.895. The molecular formula is C10H20N4O2S. The first-order valence-corrected chi connectivity index (χ1v) is 7.11. The zero-order valence-electron chi connectivity index (χ0n) is 10.6. The van der Waals surface area contributed by atoms with Crippen molar-refractivity contribution in [3.8, 4) is 0 Å². The molecule has 0 atom stereocenters. The Morgan fingerprint density at radius 1 is 1.35 bits per heavy atom. The lowest BCUT2D eigenvalue weighted by molar-refractivity contribution is 0.564. The molecule has 1 heterocycles. The summed E-state index contributed by atoms with van der Waals surface area (Å²) >= 11 is 0. The molecule has 0 aliphatic rings. The summed E-state index contributed by atoms with van der Waals surface area (Å²) < 4.78 is 28.0. The van der Waals surface area contributed by atoms with Gasteiger partial charge in [-0.2, -0.15) is 18.2 Å². The van der Waals surface area contributed by atoms with Crippen LogP contribution in [0, 0.1) is 5.92 Å². The van der Waals surface area contributed by atoms with Crippen molar-refractivity contribution in [2.45, 2.75) is 33.6 Å². The molecule has 0 fully saturated rings. The maximum atomic E-state index is 11.6. The lowest BCUT2D eigenvalue weighted by atomic mass is 10.1. The molecular weight excluding hydrogens is 240 g/mol. The minimum absolute atomic E-state index is 0.261. The minimum Gasteiger partial charge on any atom is -0.280 e. The molecule has 0 amide bonds. The van der Waals surface area contributed by atoms with Crippen LogP contribution >= 0.6 is 0 Å². The van der Waals surface area contributed by atoms with Crippen LogP contribution in [-0.4, -0.2) is 25.2 Å². The number of H-pyrrole nitrogens is 1. The average molecular weight is 260 g/mol. The third-order valence-corrected chi connectivity index (χ3v) is 3.16. The van der Waals surface area contributed by atoms with Gasteiger partial charge in [0.25, 0.3) is 10.2 Å². The number of aromatic amines is 1. The molecule has 0 spiro atoms. The lowest BCUT2D eigenvalue weighted by Crippen LogP contribution is -2.32. The molecule has 0 aliphatic carbocycles. The molecule has 3 N–H and O–H groups in total. The van der Waals surface area contributed by atoms with Crippen molar-refractivity contribution in [2.24, 2.45) is 5.92 Å². The maximum absolute atomic E-state index is 11.6. The predicted octanol–water partition coefficient (Wildman–Crippen LogP) is 1.44. The van der Waals surface area contributed by atoms with Crippen molar-refractivity contribution in [3.05, 3.63) is 11.8 Å². The first-order valence-electron chi connectivity index (χ1n) is 5.63. The number of rotatable bonds is 6. The van der Waals surface area contributed by atoms with Gasteiger partial charge in [0.1, 0.15) is 0 Å². The van der Waals surface area contributed by atoms with E-state index in [1.807, 2.05) is 27.7 Å². The van der Waals surface area contributed by atoms with Crippen LogP contribution in [0.15, 0.2) is 6.07 Å². The summed E-state index contributed by atoms with van der Waals surface area (Å²) in [4.78, 5) is 0. The van der Waals surface area contributed by atoms with Crippen LogP contribution in [0.1, 0.15) is 39.3 Å². The van der Waals surface area contributed by atoms with Gasteiger partial charge in [-0.1, -0.05) is 27.7 Å². The highest BCUT2D eigenvalue weighted by Gasteiger charge is 2.13. The van der Waals surface area contributed by atoms with E-state index in [2.05, 4.69) is 19.6 Å². The zero-order chi connectivity index (χ0) is 13.1. The van der Waals surface area contributed by atoms with E-state index in [9.17, 15) is 8.42 Å². The highest BCUT2D eigenvalue weighted by atomic mass is 32.2. The van der Waals surface area contributed by atoms with E-state index < -0.39 is 10.2 Å².